The largest absolute Gasteiger partial charge is 0.467 e. The Kier molecular flexibility index (Phi) is 4.97. The van der Waals surface area contributed by atoms with Gasteiger partial charge in [0.15, 0.2) is 5.16 Å². The van der Waals surface area contributed by atoms with Crippen LogP contribution in [0.1, 0.15) is 23.3 Å². The maximum absolute atomic E-state index is 12.4. The average Bonchev–Trinajstić information content (AvgIpc) is 3.06. The average molecular weight is 333 g/mol. The second-order valence-electron chi connectivity index (χ2n) is 5.44. The summed E-state index contributed by atoms with van der Waals surface area (Å²) in [6.07, 6.45) is 1.43. The number of nitrogens with zero attached hydrogens (tertiary/aromatic N) is 3. The van der Waals surface area contributed by atoms with Crippen LogP contribution in [0.25, 0.3) is 0 Å². The van der Waals surface area contributed by atoms with Crippen LogP contribution in [0, 0.1) is 13.8 Å². The summed E-state index contributed by atoms with van der Waals surface area (Å²) in [4.78, 5) is 22.9. The van der Waals surface area contributed by atoms with Crippen LogP contribution in [0.3, 0.4) is 0 Å². The van der Waals surface area contributed by atoms with Crippen LogP contribution < -0.4 is 0 Å². The Hall–Kier alpha value is -1.86. The number of aryl methyl sites for hydroxylation is 2. The number of aromatic nitrogens is 2. The first-order valence-electron chi connectivity index (χ1n) is 7.49. The van der Waals surface area contributed by atoms with Crippen LogP contribution in [0.4, 0.5) is 0 Å². The number of carbonyl (C=O) groups excluding carboxylic acids is 1. The van der Waals surface area contributed by atoms with E-state index in [9.17, 15) is 4.79 Å². The van der Waals surface area contributed by atoms with Gasteiger partial charge in [-0.25, -0.2) is 9.97 Å². The topological polar surface area (TPSA) is 68.5 Å². The Balaban J connectivity index is 1.57. The second-order valence-corrected chi connectivity index (χ2v) is 6.38. The molecule has 1 atom stereocenters. The van der Waals surface area contributed by atoms with E-state index in [2.05, 4.69) is 9.97 Å². The molecule has 0 bridgehead atoms. The van der Waals surface area contributed by atoms with Gasteiger partial charge >= 0.3 is 0 Å². The highest BCUT2D eigenvalue weighted by atomic mass is 32.2. The van der Waals surface area contributed by atoms with Crippen molar-refractivity contribution in [1.82, 2.24) is 14.9 Å². The molecule has 0 aliphatic carbocycles. The van der Waals surface area contributed by atoms with Crippen LogP contribution in [0.2, 0.25) is 0 Å². The van der Waals surface area contributed by atoms with E-state index in [1.165, 1.54) is 11.8 Å². The zero-order chi connectivity index (χ0) is 16.2. The second kappa shape index (κ2) is 7.14. The van der Waals surface area contributed by atoms with Gasteiger partial charge in [0.1, 0.15) is 11.9 Å². The molecule has 2 aromatic heterocycles. The van der Waals surface area contributed by atoms with E-state index in [0.717, 1.165) is 17.1 Å². The number of carbonyl (C=O) groups is 1. The molecule has 1 aliphatic heterocycles. The molecule has 1 aliphatic rings. The first kappa shape index (κ1) is 16.0. The van der Waals surface area contributed by atoms with E-state index in [1.807, 2.05) is 36.9 Å². The molecule has 0 spiro atoms. The fourth-order valence-electron chi connectivity index (χ4n) is 2.50. The summed E-state index contributed by atoms with van der Waals surface area (Å²) in [5.41, 5.74) is 1.83. The summed E-state index contributed by atoms with van der Waals surface area (Å²) in [7, 11) is 0. The monoisotopic (exact) mass is 333 g/mol. The molecule has 1 unspecified atom stereocenters. The predicted octanol–water partition coefficient (Wildman–Crippen LogP) is 2.38. The molecule has 0 radical (unpaired) electrons. The third-order valence-corrected chi connectivity index (χ3v) is 4.40. The predicted molar refractivity (Wildman–Crippen MR) is 86.2 cm³/mol. The van der Waals surface area contributed by atoms with Gasteiger partial charge in [0.05, 0.1) is 25.2 Å². The van der Waals surface area contributed by atoms with Gasteiger partial charge < -0.3 is 14.1 Å². The molecule has 2 aromatic rings. The van der Waals surface area contributed by atoms with E-state index in [4.69, 9.17) is 9.15 Å². The van der Waals surface area contributed by atoms with Gasteiger partial charge in [-0.15, -0.1) is 0 Å². The normalized spacial score (nSPS) is 18.2. The van der Waals surface area contributed by atoms with Gasteiger partial charge in [-0.2, -0.15) is 0 Å². The summed E-state index contributed by atoms with van der Waals surface area (Å²) in [6.45, 7) is 5.49. The number of ether oxygens (including phenoxy) is 1. The van der Waals surface area contributed by atoms with Crippen LogP contribution in [-0.4, -0.2) is 46.2 Å². The summed E-state index contributed by atoms with van der Waals surface area (Å²) >= 11 is 1.37. The Morgan fingerprint density at radius 2 is 2.17 bits per heavy atom. The maximum atomic E-state index is 12.4. The zero-order valence-electron chi connectivity index (χ0n) is 13.2. The van der Waals surface area contributed by atoms with Gasteiger partial charge in [0.25, 0.3) is 0 Å². The maximum Gasteiger partial charge on any atom is 0.233 e. The molecule has 0 aromatic carbocycles. The molecule has 3 heterocycles. The lowest BCUT2D eigenvalue weighted by Gasteiger charge is -2.31. The lowest BCUT2D eigenvalue weighted by atomic mass is 10.2. The third-order valence-electron chi connectivity index (χ3n) is 3.57. The van der Waals surface area contributed by atoms with E-state index in [-0.39, 0.29) is 12.0 Å². The number of amides is 1. The number of hydrogen-bond donors (Lipinski definition) is 0. The van der Waals surface area contributed by atoms with Gasteiger partial charge in [-0.05, 0) is 32.0 Å². The molecular formula is C16H19N3O3S. The minimum Gasteiger partial charge on any atom is -0.467 e. The first-order chi connectivity index (χ1) is 11.1. The molecule has 7 heteroatoms. The van der Waals surface area contributed by atoms with Crippen molar-refractivity contribution in [3.63, 3.8) is 0 Å². The SMILES string of the molecule is Cc1cc(C)nc(SCC(=O)N2CCOC(c3ccco3)C2)n1. The Morgan fingerprint density at radius 1 is 1.39 bits per heavy atom. The highest BCUT2D eigenvalue weighted by Crippen LogP contribution is 2.23. The summed E-state index contributed by atoms with van der Waals surface area (Å²) < 4.78 is 11.0. The summed E-state index contributed by atoms with van der Waals surface area (Å²) in [5, 5.41) is 0.645. The Bertz CT molecular complexity index is 655. The molecule has 1 fully saturated rings. The minimum absolute atomic E-state index is 0.0672. The van der Waals surface area contributed by atoms with Gasteiger partial charge in [0.2, 0.25) is 5.91 Å². The standard InChI is InChI=1S/C16H19N3O3S/c1-11-8-12(2)18-16(17-11)23-10-15(20)19-5-7-22-14(9-19)13-4-3-6-21-13/h3-4,6,8,14H,5,7,9-10H2,1-2H3. The fraction of sp³-hybridized carbons (Fsp3) is 0.438. The molecule has 122 valence electrons. The molecule has 1 amide bonds. The van der Waals surface area contributed by atoms with Crippen LogP contribution in [0.15, 0.2) is 34.0 Å². The number of hydrogen-bond acceptors (Lipinski definition) is 6. The molecule has 6 nitrogen and oxygen atoms in total. The fourth-order valence-corrected chi connectivity index (χ4v) is 3.35. The molecule has 23 heavy (non-hydrogen) atoms. The van der Waals surface area contributed by atoms with Crippen molar-refractivity contribution in [2.45, 2.75) is 25.1 Å². The van der Waals surface area contributed by atoms with E-state index in [0.29, 0.717) is 30.6 Å². The molecule has 1 saturated heterocycles. The van der Waals surface area contributed by atoms with Crippen molar-refractivity contribution < 1.29 is 13.9 Å². The number of morpholine rings is 1. The minimum atomic E-state index is -0.190. The molecule has 0 N–H and O–H groups in total. The van der Waals surface area contributed by atoms with E-state index >= 15 is 0 Å². The number of rotatable bonds is 4. The highest BCUT2D eigenvalue weighted by molar-refractivity contribution is 7.99. The molecular weight excluding hydrogens is 314 g/mol. The van der Waals surface area contributed by atoms with Crippen molar-refractivity contribution >= 4 is 17.7 Å². The van der Waals surface area contributed by atoms with Gasteiger partial charge in [0, 0.05) is 17.9 Å². The van der Waals surface area contributed by atoms with E-state index in [1.54, 1.807) is 6.26 Å². The van der Waals surface area contributed by atoms with E-state index < -0.39 is 0 Å². The number of thioether (sulfide) groups is 1. The number of furan rings is 1. The summed E-state index contributed by atoms with van der Waals surface area (Å²) in [5.74, 6) is 1.15. The zero-order valence-corrected chi connectivity index (χ0v) is 14.0. The van der Waals surface area contributed by atoms with Crippen molar-refractivity contribution in [3.8, 4) is 0 Å². The van der Waals surface area contributed by atoms with Crippen molar-refractivity contribution in [2.75, 3.05) is 25.4 Å². The smallest absolute Gasteiger partial charge is 0.233 e. The summed E-state index contributed by atoms with van der Waals surface area (Å²) in [6, 6.07) is 5.62. The van der Waals surface area contributed by atoms with Crippen molar-refractivity contribution in [1.29, 1.82) is 0 Å². The first-order valence-corrected chi connectivity index (χ1v) is 8.48. The Morgan fingerprint density at radius 3 is 2.87 bits per heavy atom. The third kappa shape index (κ3) is 4.11. The van der Waals surface area contributed by atoms with Crippen molar-refractivity contribution in [2.24, 2.45) is 0 Å². The van der Waals surface area contributed by atoms with Crippen LogP contribution >= 0.6 is 11.8 Å². The van der Waals surface area contributed by atoms with Gasteiger partial charge in [-0.3, -0.25) is 4.79 Å². The van der Waals surface area contributed by atoms with Crippen molar-refractivity contribution in [3.05, 3.63) is 41.6 Å². The van der Waals surface area contributed by atoms with Crippen LogP contribution in [0.5, 0.6) is 0 Å². The lowest BCUT2D eigenvalue weighted by molar-refractivity contribution is -0.136. The Labute approximate surface area is 139 Å². The van der Waals surface area contributed by atoms with Gasteiger partial charge in [-0.1, -0.05) is 11.8 Å². The van der Waals surface area contributed by atoms with Crippen LogP contribution in [-0.2, 0) is 9.53 Å². The quantitative estimate of drug-likeness (QED) is 0.632. The lowest BCUT2D eigenvalue weighted by Crippen LogP contribution is -2.43. The highest BCUT2D eigenvalue weighted by Gasteiger charge is 2.27. The molecule has 0 saturated carbocycles. The molecule has 3 rings (SSSR count).